The number of carbonyl (C=O) groups excluding carboxylic acids is 2. The van der Waals surface area contributed by atoms with Crippen LogP contribution in [0.3, 0.4) is 0 Å². The van der Waals surface area contributed by atoms with Crippen LogP contribution < -0.4 is 14.8 Å². The number of rotatable bonds is 9. The van der Waals surface area contributed by atoms with Crippen LogP contribution in [0.15, 0.2) is 76.8 Å². The molecule has 8 heteroatoms. The molecule has 178 valence electrons. The molecule has 1 N–H and O–H groups in total. The summed E-state index contributed by atoms with van der Waals surface area (Å²) in [7, 11) is 1.52. The van der Waals surface area contributed by atoms with E-state index in [4.69, 9.17) is 14.2 Å². The Labute approximate surface area is 212 Å². The largest absolute Gasteiger partial charge is 0.493 e. The second-order valence-corrected chi connectivity index (χ2v) is 8.08. The molecule has 0 aliphatic carbocycles. The number of hydrogen-bond donors (Lipinski definition) is 1. The first-order valence-electron chi connectivity index (χ1n) is 10.7. The van der Waals surface area contributed by atoms with Crippen molar-refractivity contribution in [3.8, 4) is 17.6 Å². The predicted octanol–water partition coefficient (Wildman–Crippen LogP) is 5.76. The van der Waals surface area contributed by atoms with Gasteiger partial charge in [-0.25, -0.2) is 4.79 Å². The van der Waals surface area contributed by atoms with E-state index in [0.717, 1.165) is 5.56 Å². The van der Waals surface area contributed by atoms with Crippen LogP contribution in [0, 0.1) is 11.3 Å². The first kappa shape index (κ1) is 25.5. The average Bonchev–Trinajstić information content (AvgIpc) is 2.87. The van der Waals surface area contributed by atoms with Crippen molar-refractivity contribution in [2.45, 2.75) is 13.5 Å². The zero-order valence-corrected chi connectivity index (χ0v) is 20.8. The molecule has 0 heterocycles. The van der Waals surface area contributed by atoms with Gasteiger partial charge >= 0.3 is 5.97 Å². The second kappa shape index (κ2) is 12.4. The number of benzene rings is 3. The van der Waals surface area contributed by atoms with Gasteiger partial charge in [-0.3, -0.25) is 4.79 Å². The highest BCUT2D eigenvalue weighted by atomic mass is 79.9. The van der Waals surface area contributed by atoms with E-state index < -0.39 is 11.9 Å². The summed E-state index contributed by atoms with van der Waals surface area (Å²) in [5, 5.41) is 12.2. The molecular weight excluding hydrogens is 512 g/mol. The van der Waals surface area contributed by atoms with Gasteiger partial charge in [-0.15, -0.1) is 0 Å². The van der Waals surface area contributed by atoms with E-state index in [1.54, 1.807) is 43.3 Å². The Morgan fingerprint density at radius 1 is 1.09 bits per heavy atom. The second-order valence-electron chi connectivity index (χ2n) is 7.23. The minimum absolute atomic E-state index is 0.105. The lowest BCUT2D eigenvalue weighted by molar-refractivity contribution is -0.112. The molecule has 0 bridgehead atoms. The lowest BCUT2D eigenvalue weighted by Gasteiger charge is -2.14. The number of anilines is 1. The fourth-order valence-electron chi connectivity index (χ4n) is 3.11. The summed E-state index contributed by atoms with van der Waals surface area (Å²) in [5.74, 6) is -0.0680. The topological polar surface area (TPSA) is 97.7 Å². The summed E-state index contributed by atoms with van der Waals surface area (Å²) in [6.07, 6.45) is 1.45. The molecule has 0 aliphatic heterocycles. The maximum absolute atomic E-state index is 12.7. The minimum Gasteiger partial charge on any atom is -0.493 e. The van der Waals surface area contributed by atoms with Crippen LogP contribution in [0.2, 0.25) is 0 Å². The lowest BCUT2D eigenvalue weighted by Crippen LogP contribution is -2.13. The number of ether oxygens (including phenoxy) is 3. The van der Waals surface area contributed by atoms with Gasteiger partial charge in [-0.05, 0) is 76.5 Å². The maximum atomic E-state index is 12.7. The van der Waals surface area contributed by atoms with Gasteiger partial charge in [0.05, 0.1) is 23.8 Å². The highest BCUT2D eigenvalue weighted by Crippen LogP contribution is 2.37. The summed E-state index contributed by atoms with van der Waals surface area (Å²) >= 11 is 3.49. The Balaban J connectivity index is 1.76. The highest BCUT2D eigenvalue weighted by molar-refractivity contribution is 9.10. The molecule has 0 saturated carbocycles. The summed E-state index contributed by atoms with van der Waals surface area (Å²) < 4.78 is 17.0. The number of halogens is 1. The molecule has 0 atom stereocenters. The van der Waals surface area contributed by atoms with Crippen LogP contribution in [-0.2, 0) is 16.1 Å². The molecule has 35 heavy (non-hydrogen) atoms. The molecule has 0 aliphatic rings. The molecule has 0 aromatic heterocycles. The van der Waals surface area contributed by atoms with Gasteiger partial charge in [-0.2, -0.15) is 5.26 Å². The van der Waals surface area contributed by atoms with E-state index in [1.165, 1.54) is 13.2 Å². The Bertz CT molecular complexity index is 1270. The van der Waals surface area contributed by atoms with Crippen molar-refractivity contribution in [2.75, 3.05) is 19.0 Å². The van der Waals surface area contributed by atoms with E-state index in [2.05, 4.69) is 21.2 Å². The zero-order valence-electron chi connectivity index (χ0n) is 19.2. The minimum atomic E-state index is -0.587. The number of hydrogen-bond acceptors (Lipinski definition) is 6. The Kier molecular flexibility index (Phi) is 9.04. The van der Waals surface area contributed by atoms with Crippen LogP contribution in [0.1, 0.15) is 28.4 Å². The third-order valence-corrected chi connectivity index (χ3v) is 5.40. The van der Waals surface area contributed by atoms with E-state index in [9.17, 15) is 14.9 Å². The van der Waals surface area contributed by atoms with Crippen molar-refractivity contribution in [3.05, 3.63) is 93.5 Å². The first-order chi connectivity index (χ1) is 16.9. The van der Waals surface area contributed by atoms with Crippen LogP contribution in [-0.4, -0.2) is 25.6 Å². The van der Waals surface area contributed by atoms with Gasteiger partial charge in [0.1, 0.15) is 18.2 Å². The van der Waals surface area contributed by atoms with E-state index in [0.29, 0.717) is 39.4 Å². The van der Waals surface area contributed by atoms with Crippen LogP contribution in [0.4, 0.5) is 5.69 Å². The Morgan fingerprint density at radius 3 is 2.43 bits per heavy atom. The molecule has 3 aromatic carbocycles. The summed E-state index contributed by atoms with van der Waals surface area (Å²) in [6.45, 7) is 2.35. The molecule has 3 aromatic rings. The van der Waals surface area contributed by atoms with Gasteiger partial charge in [-0.1, -0.05) is 30.3 Å². The number of amides is 1. The van der Waals surface area contributed by atoms with Crippen LogP contribution in [0.25, 0.3) is 6.08 Å². The van der Waals surface area contributed by atoms with E-state index in [1.807, 2.05) is 36.4 Å². The number of nitriles is 1. The Hall–Kier alpha value is -4.09. The van der Waals surface area contributed by atoms with Gasteiger partial charge in [0.25, 0.3) is 5.91 Å². The van der Waals surface area contributed by atoms with Gasteiger partial charge in [0, 0.05) is 5.69 Å². The standard InChI is InChI=1S/C27H23BrN2O5/c1-3-34-27(32)20-9-11-22(12-10-20)30-26(31)21(16-29)13-19-14-23(28)25(24(15-19)33-2)35-17-18-7-5-4-6-8-18/h4-15H,3,17H2,1-2H3,(H,30,31)/b21-13+. The predicted molar refractivity (Wildman–Crippen MR) is 136 cm³/mol. The number of esters is 1. The summed E-state index contributed by atoms with van der Waals surface area (Å²) in [4.78, 5) is 24.4. The molecule has 3 rings (SSSR count). The summed E-state index contributed by atoms with van der Waals surface area (Å²) in [5.41, 5.74) is 2.28. The van der Waals surface area contributed by atoms with Gasteiger partial charge in [0.2, 0.25) is 0 Å². The number of nitrogens with one attached hydrogen (secondary N) is 1. The SMILES string of the molecule is CCOC(=O)c1ccc(NC(=O)/C(C#N)=C/c2cc(Br)c(OCc3ccccc3)c(OC)c2)cc1. The number of nitrogens with zero attached hydrogens (tertiary/aromatic N) is 1. The van der Waals surface area contributed by atoms with Crippen molar-refractivity contribution in [2.24, 2.45) is 0 Å². The van der Waals surface area contributed by atoms with Crippen molar-refractivity contribution in [3.63, 3.8) is 0 Å². The van der Waals surface area contributed by atoms with Gasteiger partial charge < -0.3 is 19.5 Å². The van der Waals surface area contributed by atoms with E-state index >= 15 is 0 Å². The monoisotopic (exact) mass is 534 g/mol. The fraction of sp³-hybridized carbons (Fsp3) is 0.148. The smallest absolute Gasteiger partial charge is 0.338 e. The van der Waals surface area contributed by atoms with Crippen molar-refractivity contribution in [1.29, 1.82) is 5.26 Å². The quantitative estimate of drug-likeness (QED) is 0.213. The van der Waals surface area contributed by atoms with Crippen molar-refractivity contribution < 1.29 is 23.8 Å². The van der Waals surface area contributed by atoms with Gasteiger partial charge in [0.15, 0.2) is 11.5 Å². The molecule has 1 amide bonds. The number of methoxy groups -OCH3 is 1. The fourth-order valence-corrected chi connectivity index (χ4v) is 3.68. The zero-order chi connectivity index (χ0) is 25.2. The lowest BCUT2D eigenvalue weighted by atomic mass is 10.1. The maximum Gasteiger partial charge on any atom is 0.338 e. The van der Waals surface area contributed by atoms with Crippen molar-refractivity contribution in [1.82, 2.24) is 0 Å². The third kappa shape index (κ3) is 6.95. The summed E-state index contributed by atoms with van der Waals surface area (Å²) in [6, 6.07) is 21.3. The normalized spacial score (nSPS) is 10.7. The number of carbonyl (C=O) groups is 2. The molecule has 0 spiro atoms. The third-order valence-electron chi connectivity index (χ3n) is 4.81. The highest BCUT2D eigenvalue weighted by Gasteiger charge is 2.15. The molecule has 0 saturated heterocycles. The van der Waals surface area contributed by atoms with Crippen molar-refractivity contribution >= 4 is 39.6 Å². The average molecular weight is 535 g/mol. The first-order valence-corrected chi connectivity index (χ1v) is 11.5. The van der Waals surface area contributed by atoms with E-state index in [-0.39, 0.29) is 12.2 Å². The molecule has 0 radical (unpaired) electrons. The molecule has 7 nitrogen and oxygen atoms in total. The Morgan fingerprint density at radius 2 is 1.80 bits per heavy atom. The molecule has 0 fully saturated rings. The molecular formula is C27H23BrN2O5. The van der Waals surface area contributed by atoms with Crippen LogP contribution >= 0.6 is 15.9 Å². The molecule has 0 unspecified atom stereocenters. The van der Waals surface area contributed by atoms with Crippen LogP contribution in [0.5, 0.6) is 11.5 Å².